The zero-order chi connectivity index (χ0) is 22.5. The Morgan fingerprint density at radius 2 is 1.88 bits per heavy atom. The van der Waals surface area contributed by atoms with Gasteiger partial charge in [0.2, 0.25) is 0 Å². The molecule has 162 valence electrons. The van der Waals surface area contributed by atoms with Crippen molar-refractivity contribution in [2.45, 2.75) is 31.7 Å². The van der Waals surface area contributed by atoms with Gasteiger partial charge in [0.25, 0.3) is 5.91 Å². The summed E-state index contributed by atoms with van der Waals surface area (Å²) < 4.78 is 0. The normalized spacial score (nSPS) is 24.5. The number of aromatic nitrogens is 1. The first-order valence-corrected chi connectivity index (χ1v) is 11.1. The molecule has 1 spiro atoms. The van der Waals surface area contributed by atoms with Gasteiger partial charge in [-0.05, 0) is 59.1 Å². The van der Waals surface area contributed by atoms with Gasteiger partial charge in [0.15, 0.2) is 11.5 Å². The Morgan fingerprint density at radius 3 is 2.56 bits per heavy atom. The minimum absolute atomic E-state index is 0.0726. The number of rotatable bonds is 3. The Balaban J connectivity index is 1.65. The van der Waals surface area contributed by atoms with E-state index in [4.69, 9.17) is 22.3 Å². The molecule has 0 radical (unpaired) electrons. The SMILES string of the molecule is CN1C(=O)C2(C[C@@](C)(Cc3ccccc3)Cc3ccc(-c4cncc(Cl)c4)cc32)N=C1N. The zero-order valence-electron chi connectivity index (χ0n) is 18.2. The predicted octanol–water partition coefficient (Wildman–Crippen LogP) is 4.58. The fourth-order valence-corrected chi connectivity index (χ4v) is 5.48. The molecule has 32 heavy (non-hydrogen) atoms. The topological polar surface area (TPSA) is 71.6 Å². The molecule has 0 fully saturated rings. The van der Waals surface area contributed by atoms with Crippen LogP contribution in [0.5, 0.6) is 0 Å². The molecule has 2 aliphatic rings. The summed E-state index contributed by atoms with van der Waals surface area (Å²) in [6.07, 6.45) is 5.72. The van der Waals surface area contributed by atoms with Crippen LogP contribution in [-0.2, 0) is 23.2 Å². The van der Waals surface area contributed by atoms with Gasteiger partial charge in [-0.15, -0.1) is 0 Å². The number of aliphatic imine (C=N–C) groups is 1. The molecule has 0 saturated heterocycles. The van der Waals surface area contributed by atoms with E-state index in [9.17, 15) is 4.79 Å². The van der Waals surface area contributed by atoms with Gasteiger partial charge in [-0.3, -0.25) is 14.7 Å². The number of carbonyl (C=O) groups excluding carboxylic acids is 1. The second-order valence-electron chi connectivity index (χ2n) is 9.28. The van der Waals surface area contributed by atoms with E-state index in [0.717, 1.165) is 35.1 Å². The van der Waals surface area contributed by atoms with E-state index in [1.807, 2.05) is 12.1 Å². The molecule has 1 unspecified atom stereocenters. The van der Waals surface area contributed by atoms with E-state index >= 15 is 0 Å². The van der Waals surface area contributed by atoms with Crippen molar-refractivity contribution in [1.82, 2.24) is 9.88 Å². The van der Waals surface area contributed by atoms with Crippen LogP contribution in [0, 0.1) is 5.41 Å². The molecule has 6 heteroatoms. The highest BCUT2D eigenvalue weighted by Crippen LogP contribution is 2.51. The number of halogens is 1. The first kappa shape index (κ1) is 20.7. The van der Waals surface area contributed by atoms with Crippen molar-refractivity contribution in [1.29, 1.82) is 0 Å². The van der Waals surface area contributed by atoms with E-state index < -0.39 is 5.54 Å². The summed E-state index contributed by atoms with van der Waals surface area (Å²) in [5.41, 5.74) is 10.2. The van der Waals surface area contributed by atoms with Gasteiger partial charge in [0.05, 0.1) is 5.02 Å². The average molecular weight is 445 g/mol. The van der Waals surface area contributed by atoms with Gasteiger partial charge < -0.3 is 5.73 Å². The highest BCUT2D eigenvalue weighted by molar-refractivity contribution is 6.30. The fraction of sp³-hybridized carbons (Fsp3) is 0.269. The summed E-state index contributed by atoms with van der Waals surface area (Å²) in [6.45, 7) is 2.25. The maximum absolute atomic E-state index is 13.6. The van der Waals surface area contributed by atoms with Crippen LogP contribution in [0.25, 0.3) is 11.1 Å². The molecule has 1 aliphatic carbocycles. The van der Waals surface area contributed by atoms with E-state index in [0.29, 0.717) is 11.4 Å². The van der Waals surface area contributed by atoms with Gasteiger partial charge in [-0.2, -0.15) is 0 Å². The van der Waals surface area contributed by atoms with Crippen LogP contribution in [0.15, 0.2) is 72.0 Å². The Labute approximate surface area is 192 Å². The Morgan fingerprint density at radius 1 is 1.09 bits per heavy atom. The number of nitrogens with two attached hydrogens (primary N) is 1. The zero-order valence-corrected chi connectivity index (χ0v) is 18.9. The molecule has 2 heterocycles. The summed E-state index contributed by atoms with van der Waals surface area (Å²) >= 11 is 6.17. The number of carbonyl (C=O) groups is 1. The summed E-state index contributed by atoms with van der Waals surface area (Å²) in [6, 6.07) is 18.6. The number of guanidine groups is 1. The monoisotopic (exact) mass is 444 g/mol. The van der Waals surface area contributed by atoms with Gasteiger partial charge in [-0.25, -0.2) is 4.99 Å². The van der Waals surface area contributed by atoms with Crippen molar-refractivity contribution >= 4 is 23.5 Å². The molecule has 2 N–H and O–H groups in total. The van der Waals surface area contributed by atoms with E-state index in [2.05, 4.69) is 54.4 Å². The molecule has 1 aromatic heterocycles. The first-order valence-electron chi connectivity index (χ1n) is 10.7. The number of hydrogen-bond acceptors (Lipinski definition) is 4. The van der Waals surface area contributed by atoms with Crippen LogP contribution in [0.4, 0.5) is 0 Å². The molecule has 2 atom stereocenters. The van der Waals surface area contributed by atoms with Crippen molar-refractivity contribution in [3.05, 3.63) is 88.7 Å². The maximum atomic E-state index is 13.6. The molecular formula is C26H25ClN4O. The number of hydrogen-bond donors (Lipinski definition) is 1. The molecular weight excluding hydrogens is 420 g/mol. The summed E-state index contributed by atoms with van der Waals surface area (Å²) in [7, 11) is 1.70. The van der Waals surface area contributed by atoms with Crippen molar-refractivity contribution in [2.75, 3.05) is 7.05 Å². The predicted molar refractivity (Wildman–Crippen MR) is 127 cm³/mol. The van der Waals surface area contributed by atoms with Crippen LogP contribution >= 0.6 is 11.6 Å². The molecule has 1 aliphatic heterocycles. The van der Waals surface area contributed by atoms with Crippen LogP contribution in [-0.4, -0.2) is 28.8 Å². The standard InChI is InChI=1S/C26H25ClN4O/c1-25(12-17-6-4-3-5-7-17)13-19-9-8-18(20-10-21(27)15-29-14-20)11-22(19)26(16-25)23(32)31(2)24(28)30-26/h3-11,14-15H,12-13,16H2,1-2H3,(H2,28,30)/t25-,26?/m0/s1. The highest BCUT2D eigenvalue weighted by atomic mass is 35.5. The lowest BCUT2D eigenvalue weighted by Crippen LogP contribution is -2.47. The van der Waals surface area contributed by atoms with E-state index in [1.165, 1.54) is 10.5 Å². The smallest absolute Gasteiger partial charge is 0.261 e. The number of amides is 1. The van der Waals surface area contributed by atoms with Gasteiger partial charge in [0, 0.05) is 25.0 Å². The van der Waals surface area contributed by atoms with E-state index in [-0.39, 0.29) is 17.3 Å². The average Bonchev–Trinajstić information content (AvgIpc) is 2.97. The maximum Gasteiger partial charge on any atom is 0.261 e. The number of likely N-dealkylation sites (N-methyl/N-ethyl adjacent to an activating group) is 1. The van der Waals surface area contributed by atoms with E-state index in [1.54, 1.807) is 19.4 Å². The molecule has 0 bridgehead atoms. The van der Waals surface area contributed by atoms with Crippen molar-refractivity contribution in [2.24, 2.45) is 16.1 Å². The summed E-state index contributed by atoms with van der Waals surface area (Å²) in [4.78, 5) is 24.1. The largest absolute Gasteiger partial charge is 0.369 e. The van der Waals surface area contributed by atoms with Crippen molar-refractivity contribution in [3.8, 4) is 11.1 Å². The first-order chi connectivity index (χ1) is 15.3. The van der Waals surface area contributed by atoms with Gasteiger partial charge in [-0.1, -0.05) is 61.0 Å². The van der Waals surface area contributed by atoms with Crippen LogP contribution in [0.1, 0.15) is 30.0 Å². The minimum atomic E-state index is -1.02. The van der Waals surface area contributed by atoms with Crippen molar-refractivity contribution < 1.29 is 4.79 Å². The Hall–Kier alpha value is -3.18. The lowest BCUT2D eigenvalue weighted by Gasteiger charge is -2.43. The number of fused-ring (bicyclic) bond motifs is 2. The summed E-state index contributed by atoms with van der Waals surface area (Å²) in [5, 5.41) is 0.573. The molecule has 2 aromatic carbocycles. The summed E-state index contributed by atoms with van der Waals surface area (Å²) in [5.74, 6) is 0.191. The van der Waals surface area contributed by atoms with Crippen LogP contribution < -0.4 is 5.73 Å². The highest BCUT2D eigenvalue weighted by Gasteiger charge is 2.55. The Bertz CT molecular complexity index is 1240. The van der Waals surface area contributed by atoms with Gasteiger partial charge >= 0.3 is 0 Å². The minimum Gasteiger partial charge on any atom is -0.369 e. The quantitative estimate of drug-likeness (QED) is 0.642. The second kappa shape index (κ2) is 7.45. The molecule has 0 saturated carbocycles. The molecule has 5 rings (SSSR count). The molecule has 1 amide bonds. The van der Waals surface area contributed by atoms with Gasteiger partial charge in [0.1, 0.15) is 0 Å². The number of benzene rings is 2. The lowest BCUT2D eigenvalue weighted by atomic mass is 9.62. The Kier molecular flexibility index (Phi) is 4.82. The third-order valence-corrected chi connectivity index (χ3v) is 6.88. The third-order valence-electron chi connectivity index (χ3n) is 6.67. The second-order valence-corrected chi connectivity index (χ2v) is 9.72. The third kappa shape index (κ3) is 3.37. The number of pyridine rings is 1. The molecule has 3 aromatic rings. The van der Waals surface area contributed by atoms with Crippen LogP contribution in [0.3, 0.4) is 0 Å². The number of nitrogens with zero attached hydrogens (tertiary/aromatic N) is 3. The lowest BCUT2D eigenvalue weighted by molar-refractivity contribution is -0.132. The fourth-order valence-electron chi connectivity index (χ4n) is 5.30. The molecule has 5 nitrogen and oxygen atoms in total. The van der Waals surface area contributed by atoms with Crippen LogP contribution in [0.2, 0.25) is 5.02 Å². The van der Waals surface area contributed by atoms with Crippen molar-refractivity contribution in [3.63, 3.8) is 0 Å².